The van der Waals surface area contributed by atoms with Gasteiger partial charge in [-0.2, -0.15) is 0 Å². The van der Waals surface area contributed by atoms with Crippen LogP contribution in [0.15, 0.2) is 79.9 Å². The van der Waals surface area contributed by atoms with E-state index >= 15 is 0 Å². The summed E-state index contributed by atoms with van der Waals surface area (Å²) in [6.45, 7) is 7.41. The fourth-order valence-electron chi connectivity index (χ4n) is 7.05. The molecule has 3 aliphatic heterocycles. The van der Waals surface area contributed by atoms with Crippen LogP contribution in [0.5, 0.6) is 0 Å². The number of ether oxygens (including phenoxy) is 2. The Morgan fingerprint density at radius 2 is 1.93 bits per heavy atom. The number of esters is 1. The number of hydrogen-bond donors (Lipinski definition) is 1. The number of nitrogens with zero attached hydrogens (tertiary/aromatic N) is 5. The van der Waals surface area contributed by atoms with Crippen molar-refractivity contribution in [1.82, 2.24) is 24.8 Å². The summed E-state index contributed by atoms with van der Waals surface area (Å²) in [5.74, 6) is -3.28. The van der Waals surface area contributed by atoms with Crippen LogP contribution in [-0.4, -0.2) is 90.0 Å². The summed E-state index contributed by atoms with van der Waals surface area (Å²) in [4.78, 5) is 45.6. The maximum absolute atomic E-state index is 14.8. The maximum Gasteiger partial charge on any atom is 0.312 e. The number of likely N-dealkylation sites (tertiary alicyclic amines) is 1. The molecule has 0 saturated carbocycles. The number of carbonyl (C=O) groups excluding carboxylic acids is 3. The quantitative estimate of drug-likeness (QED) is 0.136. The van der Waals surface area contributed by atoms with E-state index in [-0.39, 0.29) is 24.6 Å². The molecule has 2 aromatic carbocycles. The van der Waals surface area contributed by atoms with Crippen LogP contribution in [0.25, 0.3) is 11.0 Å². The van der Waals surface area contributed by atoms with Crippen LogP contribution in [0, 0.1) is 11.8 Å². The Morgan fingerprint density at radius 1 is 1.18 bits per heavy atom. The lowest BCUT2D eigenvalue weighted by Crippen LogP contribution is -2.57. The van der Waals surface area contributed by atoms with Crippen LogP contribution in [0.1, 0.15) is 24.4 Å². The zero-order chi connectivity index (χ0) is 31.0. The Morgan fingerprint density at radius 3 is 2.66 bits per heavy atom. The largest absolute Gasteiger partial charge is 0.465 e. The van der Waals surface area contributed by atoms with Gasteiger partial charge in [0, 0.05) is 11.4 Å². The third-order valence-electron chi connectivity index (χ3n) is 8.88. The number of aromatic nitrogens is 3. The Hall–Kier alpha value is -3.87. The Balaban J connectivity index is 1.43. The molecule has 0 aliphatic carbocycles. The Kier molecular flexibility index (Phi) is 8.40. The van der Waals surface area contributed by atoms with Gasteiger partial charge in [0.2, 0.25) is 11.8 Å². The molecule has 12 heteroatoms. The average molecular weight is 665 g/mol. The summed E-state index contributed by atoms with van der Waals surface area (Å²) >= 11 is 3.68. The average Bonchev–Trinajstić information content (AvgIpc) is 3.75. The van der Waals surface area contributed by atoms with Gasteiger partial charge in [0.1, 0.15) is 23.8 Å². The minimum absolute atomic E-state index is 0.0357. The van der Waals surface area contributed by atoms with E-state index in [2.05, 4.69) is 39.4 Å². The number of aliphatic hydroxyl groups excluding tert-OH is 1. The van der Waals surface area contributed by atoms with Gasteiger partial charge in [0.25, 0.3) is 0 Å². The highest BCUT2D eigenvalue weighted by Crippen LogP contribution is 2.61. The molecule has 230 valence electrons. The van der Waals surface area contributed by atoms with Gasteiger partial charge in [-0.3, -0.25) is 14.4 Å². The van der Waals surface area contributed by atoms with Crippen molar-refractivity contribution in [3.05, 3.63) is 85.5 Å². The van der Waals surface area contributed by atoms with Crippen LogP contribution < -0.4 is 0 Å². The smallest absolute Gasteiger partial charge is 0.312 e. The SMILES string of the molecule is C=CCCOC(=O)[C@H]1[C@H]2C(=O)N([C@H](CO)c3ccccc3)C(C(=O)N(CC=C)Cn3nnc4ccccc43)C23CC(Br)[C@@H]1O3. The predicted molar refractivity (Wildman–Crippen MR) is 164 cm³/mol. The zero-order valence-corrected chi connectivity index (χ0v) is 25.7. The van der Waals surface area contributed by atoms with Crippen molar-refractivity contribution in [2.24, 2.45) is 11.8 Å². The first kappa shape index (κ1) is 30.2. The highest BCUT2D eigenvalue weighted by Gasteiger charge is 2.77. The number of alkyl halides is 1. The molecule has 1 aromatic heterocycles. The van der Waals surface area contributed by atoms with Crippen molar-refractivity contribution < 1.29 is 29.0 Å². The molecule has 3 aliphatic rings. The van der Waals surface area contributed by atoms with E-state index < -0.39 is 60.0 Å². The molecular formula is C32H34BrN5O6. The summed E-state index contributed by atoms with van der Waals surface area (Å²) in [6, 6.07) is 14.5. The van der Waals surface area contributed by atoms with Crippen molar-refractivity contribution in [2.45, 2.75) is 48.1 Å². The number of halogens is 1. The third kappa shape index (κ3) is 4.85. The Bertz CT molecular complexity index is 1580. The summed E-state index contributed by atoms with van der Waals surface area (Å²) in [7, 11) is 0. The normalized spacial score (nSPS) is 27.7. The third-order valence-corrected chi connectivity index (χ3v) is 9.72. The number of aliphatic hydroxyl groups is 1. The number of rotatable bonds is 12. The molecule has 2 amide bonds. The van der Waals surface area contributed by atoms with Gasteiger partial charge < -0.3 is 24.4 Å². The summed E-state index contributed by atoms with van der Waals surface area (Å²) in [5.41, 5.74) is 0.742. The van der Waals surface area contributed by atoms with Crippen molar-refractivity contribution in [3.63, 3.8) is 0 Å². The molecule has 44 heavy (non-hydrogen) atoms. The van der Waals surface area contributed by atoms with Gasteiger partial charge in [-0.15, -0.1) is 18.3 Å². The fraction of sp³-hybridized carbons (Fsp3) is 0.406. The first-order valence-electron chi connectivity index (χ1n) is 14.6. The topological polar surface area (TPSA) is 127 Å². The van der Waals surface area contributed by atoms with Crippen molar-refractivity contribution in [2.75, 3.05) is 19.8 Å². The van der Waals surface area contributed by atoms with E-state index in [0.717, 1.165) is 5.52 Å². The number of carbonyl (C=O) groups is 3. The first-order valence-corrected chi connectivity index (χ1v) is 15.5. The van der Waals surface area contributed by atoms with Crippen LogP contribution in [0.2, 0.25) is 0 Å². The molecule has 6 rings (SSSR count). The highest BCUT2D eigenvalue weighted by molar-refractivity contribution is 9.09. The zero-order valence-electron chi connectivity index (χ0n) is 24.1. The van der Waals surface area contributed by atoms with Crippen LogP contribution in [0.4, 0.5) is 0 Å². The minimum Gasteiger partial charge on any atom is -0.465 e. The van der Waals surface area contributed by atoms with E-state index in [9.17, 15) is 19.5 Å². The van der Waals surface area contributed by atoms with Gasteiger partial charge in [0.15, 0.2) is 0 Å². The number of amides is 2. The molecule has 3 aromatic rings. The van der Waals surface area contributed by atoms with Gasteiger partial charge >= 0.3 is 5.97 Å². The second-order valence-corrected chi connectivity index (χ2v) is 12.5. The Labute approximate surface area is 263 Å². The van der Waals surface area contributed by atoms with E-state index in [1.165, 1.54) is 4.90 Å². The molecular weight excluding hydrogens is 630 g/mol. The molecule has 1 N–H and O–H groups in total. The number of fused-ring (bicyclic) bond motifs is 2. The van der Waals surface area contributed by atoms with Gasteiger partial charge in [-0.05, 0) is 30.5 Å². The van der Waals surface area contributed by atoms with Crippen LogP contribution in [0.3, 0.4) is 0 Å². The molecule has 4 heterocycles. The molecule has 3 fully saturated rings. The molecule has 3 unspecified atom stereocenters. The van der Waals surface area contributed by atoms with Crippen LogP contribution >= 0.6 is 15.9 Å². The molecule has 3 saturated heterocycles. The standard InChI is InChI=1S/C32H34BrN5O6/c1-3-5-16-43-31(42)25-26-29(40)38(24(18-39)20-11-7-6-8-12-20)28(32(26)17-21(33)27(25)44-32)30(41)36(15-4-2)19-37-23-14-10-9-13-22(23)34-35-37/h3-4,6-14,21,24-28,39H,1-2,5,15-19H2/t21?,24-,25+,26+,27+,28?,32?/m1/s1. The fourth-order valence-corrected chi connectivity index (χ4v) is 7.99. The van der Waals surface area contributed by atoms with Crippen LogP contribution in [-0.2, 0) is 30.5 Å². The predicted octanol–water partition coefficient (Wildman–Crippen LogP) is 3.00. The lowest BCUT2D eigenvalue weighted by Gasteiger charge is -2.39. The number of hydrogen-bond acceptors (Lipinski definition) is 8. The maximum atomic E-state index is 14.8. The highest BCUT2D eigenvalue weighted by atomic mass is 79.9. The van der Waals surface area contributed by atoms with E-state index in [1.807, 2.05) is 42.5 Å². The second-order valence-electron chi connectivity index (χ2n) is 11.3. The number of benzene rings is 2. The van der Waals surface area contributed by atoms with E-state index in [4.69, 9.17) is 9.47 Å². The van der Waals surface area contributed by atoms with Crippen molar-refractivity contribution in [3.8, 4) is 0 Å². The lowest BCUT2D eigenvalue weighted by molar-refractivity contribution is -0.156. The molecule has 7 atom stereocenters. The molecule has 11 nitrogen and oxygen atoms in total. The van der Waals surface area contributed by atoms with E-state index in [0.29, 0.717) is 23.9 Å². The summed E-state index contributed by atoms with van der Waals surface area (Å²) in [6.07, 6.45) is 3.38. The molecule has 0 radical (unpaired) electrons. The minimum atomic E-state index is -1.33. The molecule has 2 bridgehead atoms. The summed E-state index contributed by atoms with van der Waals surface area (Å²) in [5, 5.41) is 19.2. The van der Waals surface area contributed by atoms with Gasteiger partial charge in [-0.25, -0.2) is 4.68 Å². The summed E-state index contributed by atoms with van der Waals surface area (Å²) < 4.78 is 13.8. The lowest BCUT2D eigenvalue weighted by atomic mass is 9.70. The number of para-hydroxylation sites is 1. The first-order chi connectivity index (χ1) is 21.4. The molecule has 1 spiro atoms. The van der Waals surface area contributed by atoms with Crippen molar-refractivity contribution >= 4 is 44.7 Å². The van der Waals surface area contributed by atoms with Gasteiger partial charge in [-0.1, -0.05) is 75.8 Å². The van der Waals surface area contributed by atoms with Gasteiger partial charge in [0.05, 0.1) is 42.7 Å². The monoisotopic (exact) mass is 663 g/mol. The van der Waals surface area contributed by atoms with E-state index in [1.54, 1.807) is 33.9 Å². The second kappa shape index (κ2) is 12.3. The van der Waals surface area contributed by atoms with Crippen molar-refractivity contribution in [1.29, 1.82) is 0 Å².